The number of Topliss-reactive ketones (excluding diaryl/α,β-unsaturated/α-hetero) is 1. The first-order valence-electron chi connectivity index (χ1n) is 12.5. The van der Waals surface area contributed by atoms with Crippen molar-refractivity contribution in [3.8, 4) is 17.2 Å². The SMILES string of the molecule is CCOC(=O)c1[nH]c(C)c(C(O)=C2C(=O)C(=O)N(Cc3cccnc3)[C@H]2c2cc(OC)c(OC)c(OC)c2)c1C. The van der Waals surface area contributed by atoms with Gasteiger partial charge >= 0.3 is 5.97 Å². The van der Waals surface area contributed by atoms with Gasteiger partial charge in [-0.2, -0.15) is 0 Å². The van der Waals surface area contributed by atoms with Gasteiger partial charge in [-0.05, 0) is 55.7 Å². The molecule has 0 bridgehead atoms. The highest BCUT2D eigenvalue weighted by Crippen LogP contribution is 2.46. The van der Waals surface area contributed by atoms with Gasteiger partial charge in [0, 0.05) is 30.2 Å². The summed E-state index contributed by atoms with van der Waals surface area (Å²) in [7, 11) is 4.38. The summed E-state index contributed by atoms with van der Waals surface area (Å²) in [5.74, 6) is -1.76. The Morgan fingerprint density at radius 1 is 1.10 bits per heavy atom. The lowest BCUT2D eigenvalue weighted by Crippen LogP contribution is -2.29. The second-order valence-electron chi connectivity index (χ2n) is 9.09. The number of aliphatic hydroxyl groups is 1. The molecular weight excluding hydrogens is 518 g/mol. The van der Waals surface area contributed by atoms with Crippen molar-refractivity contribution < 1.29 is 38.4 Å². The molecule has 4 rings (SSSR count). The van der Waals surface area contributed by atoms with Crippen LogP contribution < -0.4 is 14.2 Å². The number of methoxy groups -OCH3 is 3. The number of likely N-dealkylation sites (tertiary alicyclic amines) is 1. The molecule has 1 aliphatic heterocycles. The number of benzene rings is 1. The Kier molecular flexibility index (Phi) is 8.13. The molecule has 1 aromatic carbocycles. The fourth-order valence-electron chi connectivity index (χ4n) is 4.98. The van der Waals surface area contributed by atoms with Crippen molar-refractivity contribution in [2.24, 2.45) is 0 Å². The summed E-state index contributed by atoms with van der Waals surface area (Å²) in [6.45, 7) is 5.18. The summed E-state index contributed by atoms with van der Waals surface area (Å²) in [4.78, 5) is 48.0. The van der Waals surface area contributed by atoms with Crippen LogP contribution in [0.4, 0.5) is 0 Å². The Bertz CT molecular complexity index is 1470. The summed E-state index contributed by atoms with van der Waals surface area (Å²) in [5, 5.41) is 11.7. The number of ether oxygens (including phenoxy) is 4. The number of nitrogens with one attached hydrogen (secondary N) is 1. The zero-order chi connectivity index (χ0) is 29.1. The number of amides is 1. The highest BCUT2D eigenvalue weighted by atomic mass is 16.5. The fourth-order valence-corrected chi connectivity index (χ4v) is 4.98. The highest BCUT2D eigenvalue weighted by molar-refractivity contribution is 6.46. The summed E-state index contributed by atoms with van der Waals surface area (Å²) < 4.78 is 21.6. The first kappa shape index (κ1) is 28.2. The van der Waals surface area contributed by atoms with Crippen LogP contribution in [0.1, 0.15) is 51.4 Å². The molecule has 1 amide bonds. The Labute approximate surface area is 231 Å². The summed E-state index contributed by atoms with van der Waals surface area (Å²) in [6, 6.07) is 5.73. The number of carbonyl (C=O) groups is 3. The fraction of sp³-hybridized carbons (Fsp3) is 0.310. The number of ketones is 1. The average Bonchev–Trinajstić information content (AvgIpc) is 3.39. The number of H-pyrrole nitrogens is 1. The van der Waals surface area contributed by atoms with Crippen molar-refractivity contribution in [1.82, 2.24) is 14.9 Å². The molecule has 0 spiro atoms. The standard InChI is InChI=1S/C29H31N3O8/c1-7-40-29(36)23-15(2)21(16(3)31-23)25(33)22-24(18-11-19(37-4)27(39-6)20(12-18)38-5)32(28(35)26(22)34)14-17-9-8-10-30-13-17/h8-13,24,31,33H,7,14H2,1-6H3/t24-/m0/s1. The van der Waals surface area contributed by atoms with Crippen LogP contribution in [-0.4, -0.2) is 65.6 Å². The van der Waals surface area contributed by atoms with E-state index in [1.165, 1.54) is 26.2 Å². The molecule has 0 saturated carbocycles. The van der Waals surface area contributed by atoms with Gasteiger partial charge in [0.25, 0.3) is 11.7 Å². The maximum atomic E-state index is 13.6. The third kappa shape index (κ3) is 4.86. The zero-order valence-corrected chi connectivity index (χ0v) is 23.2. The van der Waals surface area contributed by atoms with E-state index in [9.17, 15) is 19.5 Å². The Hall–Kier alpha value is -4.80. The quantitative estimate of drug-likeness (QED) is 0.176. The Morgan fingerprint density at radius 3 is 2.33 bits per heavy atom. The maximum Gasteiger partial charge on any atom is 0.355 e. The monoisotopic (exact) mass is 549 g/mol. The lowest BCUT2D eigenvalue weighted by Gasteiger charge is -2.26. The van der Waals surface area contributed by atoms with E-state index in [4.69, 9.17) is 18.9 Å². The molecule has 11 nitrogen and oxygen atoms in total. The van der Waals surface area contributed by atoms with Gasteiger partial charge in [0.15, 0.2) is 11.5 Å². The van der Waals surface area contributed by atoms with Crippen LogP contribution in [0.5, 0.6) is 17.2 Å². The van der Waals surface area contributed by atoms with Crippen molar-refractivity contribution in [1.29, 1.82) is 0 Å². The molecule has 2 aromatic heterocycles. The molecular formula is C29H31N3O8. The van der Waals surface area contributed by atoms with Crippen LogP contribution in [0, 0.1) is 13.8 Å². The van der Waals surface area contributed by atoms with Gasteiger partial charge in [-0.3, -0.25) is 14.6 Å². The molecule has 1 atom stereocenters. The summed E-state index contributed by atoms with van der Waals surface area (Å²) in [6.07, 6.45) is 3.20. The molecule has 11 heteroatoms. The minimum absolute atomic E-state index is 0.0374. The first-order valence-corrected chi connectivity index (χ1v) is 12.5. The largest absolute Gasteiger partial charge is 0.507 e. The first-order chi connectivity index (χ1) is 19.2. The third-order valence-corrected chi connectivity index (χ3v) is 6.77. The normalized spacial score (nSPS) is 16.2. The van der Waals surface area contributed by atoms with Gasteiger partial charge < -0.3 is 33.9 Å². The van der Waals surface area contributed by atoms with E-state index in [0.29, 0.717) is 39.6 Å². The molecule has 1 fully saturated rings. The number of carbonyl (C=O) groups excluding carboxylic acids is 3. The van der Waals surface area contributed by atoms with Crippen molar-refractivity contribution in [2.45, 2.75) is 33.4 Å². The predicted molar refractivity (Wildman–Crippen MR) is 144 cm³/mol. The summed E-state index contributed by atoms with van der Waals surface area (Å²) in [5.41, 5.74) is 2.17. The topological polar surface area (TPSA) is 140 Å². The van der Waals surface area contributed by atoms with Crippen LogP contribution in [-0.2, 0) is 20.9 Å². The number of aryl methyl sites for hydroxylation is 1. The lowest BCUT2D eigenvalue weighted by atomic mass is 9.93. The van der Waals surface area contributed by atoms with Gasteiger partial charge in [-0.15, -0.1) is 0 Å². The van der Waals surface area contributed by atoms with Gasteiger partial charge in [0.2, 0.25) is 5.75 Å². The predicted octanol–water partition coefficient (Wildman–Crippen LogP) is 3.85. The van der Waals surface area contributed by atoms with Gasteiger partial charge in [-0.1, -0.05) is 6.07 Å². The average molecular weight is 550 g/mol. The number of rotatable bonds is 9. The molecule has 0 radical (unpaired) electrons. The van der Waals surface area contributed by atoms with Crippen LogP contribution >= 0.6 is 0 Å². The number of hydrogen-bond acceptors (Lipinski definition) is 9. The number of aliphatic hydroxyl groups excluding tert-OH is 1. The number of pyridine rings is 1. The second kappa shape index (κ2) is 11.5. The van der Waals surface area contributed by atoms with E-state index in [-0.39, 0.29) is 30.0 Å². The molecule has 40 heavy (non-hydrogen) atoms. The molecule has 1 aliphatic rings. The van der Waals surface area contributed by atoms with Crippen LogP contribution in [0.25, 0.3) is 5.76 Å². The minimum atomic E-state index is -1.03. The van der Waals surface area contributed by atoms with Crippen LogP contribution in [0.3, 0.4) is 0 Å². The number of aromatic nitrogens is 2. The second-order valence-corrected chi connectivity index (χ2v) is 9.09. The number of nitrogens with zero attached hydrogens (tertiary/aromatic N) is 2. The molecule has 3 aromatic rings. The molecule has 0 aliphatic carbocycles. The van der Waals surface area contributed by atoms with Crippen LogP contribution in [0.15, 0.2) is 42.2 Å². The Balaban J connectivity index is 1.98. The number of aromatic amines is 1. The molecule has 1 saturated heterocycles. The van der Waals surface area contributed by atoms with E-state index in [0.717, 1.165) is 0 Å². The van der Waals surface area contributed by atoms with E-state index < -0.39 is 29.5 Å². The van der Waals surface area contributed by atoms with E-state index >= 15 is 0 Å². The van der Waals surface area contributed by atoms with Gasteiger partial charge in [0.05, 0.1) is 39.6 Å². The molecule has 2 N–H and O–H groups in total. The lowest BCUT2D eigenvalue weighted by molar-refractivity contribution is -0.140. The van der Waals surface area contributed by atoms with Crippen molar-refractivity contribution in [2.75, 3.05) is 27.9 Å². The molecule has 0 unspecified atom stereocenters. The number of esters is 1. The molecule has 3 heterocycles. The minimum Gasteiger partial charge on any atom is -0.507 e. The van der Waals surface area contributed by atoms with Gasteiger partial charge in [-0.25, -0.2) is 4.79 Å². The zero-order valence-electron chi connectivity index (χ0n) is 23.2. The van der Waals surface area contributed by atoms with E-state index in [1.54, 1.807) is 57.4 Å². The smallest absolute Gasteiger partial charge is 0.355 e. The van der Waals surface area contributed by atoms with Crippen molar-refractivity contribution in [3.05, 3.63) is 75.9 Å². The number of hydrogen-bond donors (Lipinski definition) is 2. The van der Waals surface area contributed by atoms with Crippen LogP contribution in [0.2, 0.25) is 0 Å². The van der Waals surface area contributed by atoms with E-state index in [1.807, 2.05) is 0 Å². The van der Waals surface area contributed by atoms with Gasteiger partial charge in [0.1, 0.15) is 11.5 Å². The maximum absolute atomic E-state index is 13.6. The van der Waals surface area contributed by atoms with Crippen molar-refractivity contribution in [3.63, 3.8) is 0 Å². The Morgan fingerprint density at radius 2 is 1.77 bits per heavy atom. The third-order valence-electron chi connectivity index (χ3n) is 6.77. The van der Waals surface area contributed by atoms with Crippen molar-refractivity contribution >= 4 is 23.4 Å². The summed E-state index contributed by atoms with van der Waals surface area (Å²) >= 11 is 0. The van der Waals surface area contributed by atoms with E-state index in [2.05, 4.69) is 9.97 Å². The molecule has 210 valence electrons. The highest BCUT2D eigenvalue weighted by Gasteiger charge is 2.47.